The van der Waals surface area contributed by atoms with E-state index in [1.165, 1.54) is 12.1 Å². The minimum absolute atomic E-state index is 0.139. The molecule has 0 aromatic heterocycles. The predicted molar refractivity (Wildman–Crippen MR) is 102 cm³/mol. The minimum atomic E-state index is -4.45. The van der Waals surface area contributed by atoms with Crippen molar-refractivity contribution in [2.45, 2.75) is 38.7 Å². The second kappa shape index (κ2) is 9.04. The number of hydrogen-bond donors (Lipinski definition) is 0. The number of benzene rings is 2. The molecule has 0 bridgehead atoms. The van der Waals surface area contributed by atoms with Crippen molar-refractivity contribution < 1.29 is 31.1 Å². The fraction of sp³-hybridized carbons (Fsp3) is 0.348. The quantitative estimate of drug-likeness (QED) is 0.466. The molecular formula is C23H19F6NO. The maximum Gasteiger partial charge on any atom is 0.427 e. The summed E-state index contributed by atoms with van der Waals surface area (Å²) in [5, 5.41) is 8.61. The van der Waals surface area contributed by atoms with Crippen LogP contribution in [0, 0.1) is 46.4 Å². The fourth-order valence-electron chi connectivity index (χ4n) is 3.53. The lowest BCUT2D eigenvalue weighted by Gasteiger charge is -2.23. The van der Waals surface area contributed by atoms with E-state index in [1.54, 1.807) is 0 Å². The molecule has 0 heterocycles. The van der Waals surface area contributed by atoms with Crippen molar-refractivity contribution in [2.24, 2.45) is 11.8 Å². The molecule has 0 radical (unpaired) electrons. The van der Waals surface area contributed by atoms with Crippen molar-refractivity contribution in [2.75, 3.05) is 0 Å². The third kappa shape index (κ3) is 5.22. The van der Waals surface area contributed by atoms with Gasteiger partial charge in [-0.2, -0.15) is 14.0 Å². The van der Waals surface area contributed by atoms with Gasteiger partial charge in [0, 0.05) is 0 Å². The highest BCUT2D eigenvalue weighted by Crippen LogP contribution is 2.36. The van der Waals surface area contributed by atoms with E-state index < -0.39 is 46.3 Å². The van der Waals surface area contributed by atoms with Gasteiger partial charge in [-0.3, -0.25) is 0 Å². The first kappa shape index (κ1) is 22.7. The van der Waals surface area contributed by atoms with Crippen LogP contribution < -0.4 is 4.74 Å². The topological polar surface area (TPSA) is 33.0 Å². The summed E-state index contributed by atoms with van der Waals surface area (Å²) >= 11 is 0. The highest BCUT2D eigenvalue weighted by molar-refractivity contribution is 5.52. The van der Waals surface area contributed by atoms with E-state index in [2.05, 4.69) is 11.7 Å². The van der Waals surface area contributed by atoms with Crippen LogP contribution in [-0.4, -0.2) is 0 Å². The molecule has 0 unspecified atom stereocenters. The van der Waals surface area contributed by atoms with Crippen LogP contribution in [0.15, 0.2) is 30.3 Å². The van der Waals surface area contributed by atoms with Crippen molar-refractivity contribution in [3.63, 3.8) is 0 Å². The Bertz CT molecular complexity index is 989. The number of ether oxygens (including phenoxy) is 1. The number of allylic oxidation sites excluding steroid dienone is 1. The van der Waals surface area contributed by atoms with Crippen molar-refractivity contribution in [1.82, 2.24) is 0 Å². The van der Waals surface area contributed by atoms with E-state index in [4.69, 9.17) is 5.26 Å². The van der Waals surface area contributed by atoms with Crippen LogP contribution in [0.1, 0.15) is 49.3 Å². The third-order valence-electron chi connectivity index (χ3n) is 5.36. The molecular weight excluding hydrogens is 420 g/mol. The summed E-state index contributed by atoms with van der Waals surface area (Å²) in [7, 11) is 0. The summed E-state index contributed by atoms with van der Waals surface area (Å²) in [5.41, 5.74) is -2.24. The summed E-state index contributed by atoms with van der Waals surface area (Å²) in [6.45, 7) is 2.17. The molecule has 0 N–H and O–H groups in total. The highest BCUT2D eigenvalue weighted by atomic mass is 19.3. The van der Waals surface area contributed by atoms with E-state index in [0.29, 0.717) is 5.92 Å². The van der Waals surface area contributed by atoms with Crippen LogP contribution in [-0.2, 0) is 6.11 Å². The fourth-order valence-corrected chi connectivity index (χ4v) is 3.53. The van der Waals surface area contributed by atoms with E-state index in [1.807, 2.05) is 6.08 Å². The van der Waals surface area contributed by atoms with Gasteiger partial charge in [0.15, 0.2) is 17.4 Å². The number of alkyl halides is 2. The van der Waals surface area contributed by atoms with Gasteiger partial charge in [0.1, 0.15) is 23.3 Å². The number of hydrogen-bond acceptors (Lipinski definition) is 2. The van der Waals surface area contributed by atoms with Gasteiger partial charge < -0.3 is 4.74 Å². The molecule has 3 rings (SSSR count). The van der Waals surface area contributed by atoms with Gasteiger partial charge in [0.2, 0.25) is 0 Å². The number of halogens is 6. The first-order valence-electron chi connectivity index (χ1n) is 9.74. The summed E-state index contributed by atoms with van der Waals surface area (Å²) < 4.78 is 88.8. The largest absolute Gasteiger partial charge is 0.427 e. The van der Waals surface area contributed by atoms with Gasteiger partial charge in [-0.05, 0) is 54.5 Å². The number of nitriles is 1. The Morgan fingerprint density at radius 1 is 0.935 bits per heavy atom. The van der Waals surface area contributed by atoms with Gasteiger partial charge in [-0.25, -0.2) is 17.6 Å². The number of nitrogens with zero attached hydrogens (tertiary/aromatic N) is 1. The molecule has 2 nitrogen and oxygen atoms in total. The zero-order valence-corrected chi connectivity index (χ0v) is 16.6. The Morgan fingerprint density at radius 2 is 1.48 bits per heavy atom. The Labute approximate surface area is 175 Å². The minimum Gasteiger partial charge on any atom is -0.423 e. The SMILES string of the molecule is CC1CCC(/C=C/c2cc(F)c(OC(F)(F)c3cc(F)c(C#N)c(F)c3)c(F)c2)CC1. The lowest BCUT2D eigenvalue weighted by molar-refractivity contribution is -0.188. The first-order valence-corrected chi connectivity index (χ1v) is 9.74. The van der Waals surface area contributed by atoms with E-state index in [9.17, 15) is 26.3 Å². The first-order chi connectivity index (χ1) is 14.6. The Morgan fingerprint density at radius 3 is 2.00 bits per heavy atom. The molecule has 2 aromatic carbocycles. The molecule has 164 valence electrons. The standard InChI is InChI=1S/C23H19F6NO/c1-13-2-4-14(5-3-13)6-7-15-8-20(26)22(21(27)9-15)31-23(28,29)16-10-18(24)17(12-30)19(25)11-16/h6-11,13-14H,2-5H2,1H3/b7-6+. The third-order valence-corrected chi connectivity index (χ3v) is 5.36. The highest BCUT2D eigenvalue weighted by Gasteiger charge is 2.38. The summed E-state index contributed by atoms with van der Waals surface area (Å²) in [6.07, 6.45) is 2.99. The predicted octanol–water partition coefficient (Wildman–Crippen LogP) is 7.08. The molecule has 2 aromatic rings. The van der Waals surface area contributed by atoms with Gasteiger partial charge in [0.25, 0.3) is 0 Å². The molecule has 1 saturated carbocycles. The molecule has 0 amide bonds. The van der Waals surface area contributed by atoms with Crippen molar-refractivity contribution >= 4 is 6.08 Å². The normalized spacial score (nSPS) is 19.4. The Kier molecular flexibility index (Phi) is 6.63. The molecule has 0 atom stereocenters. The molecule has 0 saturated heterocycles. The second-order valence-corrected chi connectivity index (χ2v) is 7.74. The van der Waals surface area contributed by atoms with Crippen molar-refractivity contribution in [3.05, 3.63) is 70.3 Å². The lowest BCUT2D eigenvalue weighted by atomic mass is 9.83. The van der Waals surface area contributed by atoms with E-state index in [-0.39, 0.29) is 23.6 Å². The monoisotopic (exact) mass is 439 g/mol. The van der Waals surface area contributed by atoms with E-state index >= 15 is 0 Å². The Balaban J connectivity index is 1.81. The molecule has 8 heteroatoms. The molecule has 1 aliphatic rings. The number of rotatable bonds is 5. The maximum atomic E-state index is 14.3. The molecule has 1 aliphatic carbocycles. The van der Waals surface area contributed by atoms with Crippen LogP contribution in [0.2, 0.25) is 0 Å². The van der Waals surface area contributed by atoms with Crippen LogP contribution in [0.4, 0.5) is 26.3 Å². The zero-order valence-electron chi connectivity index (χ0n) is 16.6. The van der Waals surface area contributed by atoms with Crippen LogP contribution in [0.3, 0.4) is 0 Å². The summed E-state index contributed by atoms with van der Waals surface area (Å²) in [4.78, 5) is 0. The smallest absolute Gasteiger partial charge is 0.423 e. The van der Waals surface area contributed by atoms with Gasteiger partial charge >= 0.3 is 6.11 Å². The average Bonchev–Trinajstić information content (AvgIpc) is 2.70. The Hall–Kier alpha value is -2.95. The second-order valence-electron chi connectivity index (χ2n) is 7.74. The van der Waals surface area contributed by atoms with Crippen LogP contribution in [0.25, 0.3) is 6.08 Å². The molecule has 0 spiro atoms. The van der Waals surface area contributed by atoms with Crippen LogP contribution >= 0.6 is 0 Å². The summed E-state index contributed by atoms with van der Waals surface area (Å²) in [5.74, 6) is -6.30. The van der Waals surface area contributed by atoms with E-state index in [0.717, 1.165) is 37.8 Å². The van der Waals surface area contributed by atoms with Gasteiger partial charge in [-0.1, -0.05) is 31.9 Å². The maximum absolute atomic E-state index is 14.3. The van der Waals surface area contributed by atoms with Gasteiger partial charge in [-0.15, -0.1) is 0 Å². The lowest BCUT2D eigenvalue weighted by Crippen LogP contribution is -2.24. The van der Waals surface area contributed by atoms with Crippen molar-refractivity contribution in [1.29, 1.82) is 5.26 Å². The molecule has 31 heavy (non-hydrogen) atoms. The van der Waals surface area contributed by atoms with Crippen molar-refractivity contribution in [3.8, 4) is 11.8 Å². The average molecular weight is 439 g/mol. The zero-order chi connectivity index (χ0) is 22.8. The summed E-state index contributed by atoms with van der Waals surface area (Å²) in [6, 6.07) is 3.24. The van der Waals surface area contributed by atoms with Crippen LogP contribution in [0.5, 0.6) is 5.75 Å². The molecule has 1 fully saturated rings. The molecule has 0 aliphatic heterocycles. The van der Waals surface area contributed by atoms with Gasteiger partial charge in [0.05, 0.1) is 5.56 Å².